The fourth-order valence-corrected chi connectivity index (χ4v) is 3.20. The number of nitrogens with one attached hydrogen (secondary N) is 1. The molecular formula is C11H12N2O2S2. The highest BCUT2D eigenvalue weighted by atomic mass is 32.2. The quantitative estimate of drug-likeness (QED) is 0.930. The van der Waals surface area contributed by atoms with E-state index in [4.69, 9.17) is 0 Å². The van der Waals surface area contributed by atoms with Crippen LogP contribution < -0.4 is 4.72 Å². The molecule has 0 saturated carbocycles. The Hall–Kier alpha value is -1.40. The molecule has 0 spiro atoms. The minimum atomic E-state index is -3.52. The highest BCUT2D eigenvalue weighted by Gasteiger charge is 2.15. The van der Waals surface area contributed by atoms with Gasteiger partial charge in [-0.3, -0.25) is 4.72 Å². The van der Waals surface area contributed by atoms with E-state index in [0.29, 0.717) is 5.13 Å². The van der Waals surface area contributed by atoms with E-state index >= 15 is 0 Å². The van der Waals surface area contributed by atoms with Crippen molar-refractivity contribution in [2.45, 2.75) is 18.7 Å². The lowest BCUT2D eigenvalue weighted by atomic mass is 10.1. The van der Waals surface area contributed by atoms with Gasteiger partial charge in [-0.15, -0.1) is 11.3 Å². The van der Waals surface area contributed by atoms with Crippen LogP contribution in [0.3, 0.4) is 0 Å². The number of aromatic nitrogens is 1. The molecule has 4 nitrogen and oxygen atoms in total. The predicted molar refractivity (Wildman–Crippen MR) is 68.8 cm³/mol. The van der Waals surface area contributed by atoms with Gasteiger partial charge in [-0.1, -0.05) is 6.07 Å². The normalized spacial score (nSPS) is 11.4. The third kappa shape index (κ3) is 2.65. The van der Waals surface area contributed by atoms with Crippen LogP contribution in [-0.2, 0) is 10.0 Å². The van der Waals surface area contributed by atoms with Crippen molar-refractivity contribution in [2.24, 2.45) is 0 Å². The predicted octanol–water partition coefficient (Wildman–Crippen LogP) is 2.56. The van der Waals surface area contributed by atoms with Crippen molar-refractivity contribution in [1.82, 2.24) is 4.98 Å². The zero-order valence-electron chi connectivity index (χ0n) is 9.47. The zero-order valence-corrected chi connectivity index (χ0v) is 11.1. The summed E-state index contributed by atoms with van der Waals surface area (Å²) in [6.45, 7) is 3.83. The van der Waals surface area contributed by atoms with Crippen LogP contribution >= 0.6 is 11.3 Å². The summed E-state index contributed by atoms with van der Waals surface area (Å²) in [5.74, 6) is 0. The largest absolute Gasteiger partial charge is 0.263 e. The molecule has 1 N–H and O–H groups in total. The lowest BCUT2D eigenvalue weighted by Crippen LogP contribution is -2.12. The molecule has 1 heterocycles. The van der Waals surface area contributed by atoms with Crippen molar-refractivity contribution in [1.29, 1.82) is 0 Å². The number of hydrogen-bond acceptors (Lipinski definition) is 4. The first kappa shape index (κ1) is 12.1. The second-order valence-corrected chi connectivity index (χ2v) is 6.27. The molecule has 0 saturated heterocycles. The monoisotopic (exact) mass is 268 g/mol. The number of sulfonamides is 1. The summed E-state index contributed by atoms with van der Waals surface area (Å²) in [7, 11) is -3.52. The van der Waals surface area contributed by atoms with Gasteiger partial charge in [0.15, 0.2) is 5.13 Å². The minimum Gasteiger partial charge on any atom is -0.255 e. The first-order chi connectivity index (χ1) is 7.99. The summed E-state index contributed by atoms with van der Waals surface area (Å²) in [5, 5.41) is 2.10. The molecule has 0 unspecified atom stereocenters. The molecule has 17 heavy (non-hydrogen) atoms. The Labute approximate surface area is 104 Å². The van der Waals surface area contributed by atoms with Crippen molar-refractivity contribution < 1.29 is 8.42 Å². The molecule has 0 aliphatic heterocycles. The van der Waals surface area contributed by atoms with Gasteiger partial charge in [-0.2, -0.15) is 0 Å². The number of anilines is 1. The molecule has 0 aliphatic carbocycles. The number of hydrogen-bond donors (Lipinski definition) is 1. The second kappa shape index (κ2) is 4.46. The Kier molecular flexibility index (Phi) is 3.17. The van der Waals surface area contributed by atoms with Crippen LogP contribution in [0, 0.1) is 13.8 Å². The molecule has 1 aromatic carbocycles. The molecule has 0 amide bonds. The smallest absolute Gasteiger partial charge is 0.255 e. The summed E-state index contributed by atoms with van der Waals surface area (Å²) in [6, 6.07) is 5.05. The summed E-state index contributed by atoms with van der Waals surface area (Å²) in [5.41, 5.74) is 2.02. The van der Waals surface area contributed by atoms with E-state index in [2.05, 4.69) is 9.71 Å². The Balaban J connectivity index is 2.35. The summed E-state index contributed by atoms with van der Waals surface area (Å²) < 4.78 is 26.5. The lowest BCUT2D eigenvalue weighted by molar-refractivity contribution is 0.601. The summed E-state index contributed by atoms with van der Waals surface area (Å²) in [6.07, 6.45) is 1.56. The summed E-state index contributed by atoms with van der Waals surface area (Å²) >= 11 is 1.25. The summed E-state index contributed by atoms with van der Waals surface area (Å²) in [4.78, 5) is 4.16. The van der Waals surface area contributed by atoms with E-state index in [9.17, 15) is 8.42 Å². The van der Waals surface area contributed by atoms with E-state index in [-0.39, 0.29) is 4.90 Å². The van der Waals surface area contributed by atoms with Gasteiger partial charge in [0.05, 0.1) is 4.90 Å². The van der Waals surface area contributed by atoms with Crippen LogP contribution in [-0.4, -0.2) is 13.4 Å². The average molecular weight is 268 g/mol. The highest BCUT2D eigenvalue weighted by Crippen LogP contribution is 2.19. The third-order valence-corrected chi connectivity index (χ3v) is 4.60. The van der Waals surface area contributed by atoms with Crippen molar-refractivity contribution in [3.63, 3.8) is 0 Å². The fourth-order valence-electron chi connectivity index (χ4n) is 1.33. The molecular weight excluding hydrogens is 256 g/mol. The molecule has 0 atom stereocenters. The SMILES string of the molecule is Cc1ccc(S(=O)(=O)Nc2nccs2)cc1C. The average Bonchev–Trinajstić information content (AvgIpc) is 2.73. The van der Waals surface area contributed by atoms with Crippen molar-refractivity contribution in [3.8, 4) is 0 Å². The Morgan fingerprint density at radius 2 is 2.00 bits per heavy atom. The third-order valence-electron chi connectivity index (χ3n) is 2.44. The van der Waals surface area contributed by atoms with Crippen molar-refractivity contribution in [2.75, 3.05) is 4.72 Å². The van der Waals surface area contributed by atoms with Gasteiger partial charge < -0.3 is 0 Å². The standard InChI is InChI=1S/C11H12N2O2S2/c1-8-3-4-10(7-9(8)2)17(14,15)13-11-12-5-6-16-11/h3-7H,1-2H3,(H,12,13). The first-order valence-corrected chi connectivity index (χ1v) is 7.35. The lowest BCUT2D eigenvalue weighted by Gasteiger charge is -2.07. The second-order valence-electron chi connectivity index (χ2n) is 3.69. The Bertz CT molecular complexity index is 619. The highest BCUT2D eigenvalue weighted by molar-refractivity contribution is 7.93. The molecule has 6 heteroatoms. The van der Waals surface area contributed by atoms with Gasteiger partial charge in [0.25, 0.3) is 10.0 Å². The van der Waals surface area contributed by atoms with Gasteiger partial charge in [0, 0.05) is 11.6 Å². The maximum absolute atomic E-state index is 12.0. The van der Waals surface area contributed by atoms with E-state index in [1.165, 1.54) is 11.3 Å². The minimum absolute atomic E-state index is 0.260. The Morgan fingerprint density at radius 3 is 2.59 bits per heavy atom. The van der Waals surface area contributed by atoms with Gasteiger partial charge in [0.1, 0.15) is 0 Å². The molecule has 0 radical (unpaired) electrons. The van der Waals surface area contributed by atoms with Crippen LogP contribution in [0.1, 0.15) is 11.1 Å². The first-order valence-electron chi connectivity index (χ1n) is 4.98. The molecule has 0 aliphatic rings. The molecule has 0 fully saturated rings. The van der Waals surface area contributed by atoms with Crippen LogP contribution in [0.15, 0.2) is 34.7 Å². The van der Waals surface area contributed by atoms with E-state index in [1.807, 2.05) is 13.8 Å². The maximum atomic E-state index is 12.0. The van der Waals surface area contributed by atoms with Gasteiger partial charge in [0.2, 0.25) is 0 Å². The maximum Gasteiger partial charge on any atom is 0.263 e. The molecule has 2 rings (SSSR count). The zero-order chi connectivity index (χ0) is 12.5. The van der Waals surface area contributed by atoms with Crippen LogP contribution in [0.5, 0.6) is 0 Å². The van der Waals surface area contributed by atoms with Gasteiger partial charge in [-0.25, -0.2) is 13.4 Å². The van der Waals surface area contributed by atoms with E-state index < -0.39 is 10.0 Å². The number of aryl methyl sites for hydroxylation is 2. The van der Waals surface area contributed by atoms with E-state index in [0.717, 1.165) is 11.1 Å². The van der Waals surface area contributed by atoms with E-state index in [1.54, 1.807) is 29.8 Å². The van der Waals surface area contributed by atoms with Crippen LogP contribution in [0.4, 0.5) is 5.13 Å². The Morgan fingerprint density at radius 1 is 1.24 bits per heavy atom. The number of rotatable bonds is 3. The number of thiazole rings is 1. The van der Waals surface area contributed by atoms with Gasteiger partial charge in [-0.05, 0) is 37.1 Å². The van der Waals surface area contributed by atoms with Crippen molar-refractivity contribution in [3.05, 3.63) is 40.9 Å². The van der Waals surface area contributed by atoms with Gasteiger partial charge >= 0.3 is 0 Å². The molecule has 0 bridgehead atoms. The molecule has 90 valence electrons. The fraction of sp³-hybridized carbons (Fsp3) is 0.182. The van der Waals surface area contributed by atoms with Crippen molar-refractivity contribution >= 4 is 26.5 Å². The topological polar surface area (TPSA) is 59.1 Å². The molecule has 2 aromatic rings. The van der Waals surface area contributed by atoms with Crippen LogP contribution in [0.25, 0.3) is 0 Å². The number of benzene rings is 1. The number of nitrogens with zero attached hydrogens (tertiary/aromatic N) is 1. The van der Waals surface area contributed by atoms with Crippen LogP contribution in [0.2, 0.25) is 0 Å². The molecule has 1 aromatic heterocycles.